The maximum Gasteiger partial charge on any atom is 0.161 e. The van der Waals surface area contributed by atoms with Crippen LogP contribution in [0.4, 0.5) is 8.78 Å². The van der Waals surface area contributed by atoms with E-state index < -0.39 is 11.6 Å². The second-order valence-corrected chi connectivity index (χ2v) is 4.31. The highest BCUT2D eigenvalue weighted by molar-refractivity contribution is 5.75. The fraction of sp³-hybridized carbons (Fsp3) is 0.0714. The third-order valence-electron chi connectivity index (χ3n) is 2.88. The van der Waals surface area contributed by atoms with Crippen LogP contribution >= 0.6 is 0 Å². The molecule has 0 bridgehead atoms. The first-order chi connectivity index (χ1) is 9.11. The van der Waals surface area contributed by atoms with Crippen molar-refractivity contribution in [1.29, 1.82) is 0 Å². The van der Waals surface area contributed by atoms with Crippen LogP contribution in [-0.4, -0.2) is 15.1 Å². The van der Waals surface area contributed by atoms with Crippen molar-refractivity contribution in [2.24, 2.45) is 0 Å². The Morgan fingerprint density at radius 3 is 2.47 bits per heavy atom. The molecule has 96 valence electrons. The molecule has 0 radical (unpaired) electrons. The normalized spacial score (nSPS) is 11.1. The number of nitrogens with zero attached hydrogens (tertiary/aromatic N) is 1. The van der Waals surface area contributed by atoms with Gasteiger partial charge in [0.05, 0.1) is 11.0 Å². The van der Waals surface area contributed by atoms with Crippen LogP contribution in [0.25, 0.3) is 11.0 Å². The average molecular weight is 260 g/mol. The third-order valence-corrected chi connectivity index (χ3v) is 2.88. The maximum atomic E-state index is 13.1. The van der Waals surface area contributed by atoms with E-state index in [0.717, 1.165) is 17.7 Å². The Morgan fingerprint density at radius 1 is 1.05 bits per heavy atom. The number of aromatic hydroxyl groups is 1. The predicted molar refractivity (Wildman–Crippen MR) is 66.9 cm³/mol. The van der Waals surface area contributed by atoms with Crippen molar-refractivity contribution in [1.82, 2.24) is 9.97 Å². The number of imidazole rings is 1. The number of phenols is 1. The number of hydrogen-bond donors (Lipinski definition) is 2. The second kappa shape index (κ2) is 4.35. The molecule has 3 nitrogen and oxygen atoms in total. The molecule has 19 heavy (non-hydrogen) atoms. The molecular formula is C14H10F2N2O. The number of nitrogens with one attached hydrogen (secondary N) is 1. The van der Waals surface area contributed by atoms with E-state index in [-0.39, 0.29) is 5.75 Å². The van der Waals surface area contributed by atoms with E-state index in [1.807, 2.05) is 0 Å². The summed E-state index contributed by atoms with van der Waals surface area (Å²) in [5.74, 6) is -0.995. The summed E-state index contributed by atoms with van der Waals surface area (Å²) in [6, 6.07) is 8.86. The summed E-state index contributed by atoms with van der Waals surface area (Å²) in [4.78, 5) is 7.15. The van der Waals surface area contributed by atoms with Gasteiger partial charge in [-0.05, 0) is 17.7 Å². The first-order valence-electron chi connectivity index (χ1n) is 5.73. The summed E-state index contributed by atoms with van der Waals surface area (Å²) in [5, 5.41) is 9.19. The van der Waals surface area contributed by atoms with Gasteiger partial charge < -0.3 is 10.1 Å². The molecule has 2 aromatic carbocycles. The molecule has 3 aromatic rings. The lowest BCUT2D eigenvalue weighted by Crippen LogP contribution is -1.89. The van der Waals surface area contributed by atoms with Crippen molar-refractivity contribution < 1.29 is 13.9 Å². The number of benzene rings is 2. The quantitative estimate of drug-likeness (QED) is 0.743. The molecule has 0 amide bonds. The van der Waals surface area contributed by atoms with Gasteiger partial charge in [0.25, 0.3) is 0 Å². The summed E-state index contributed by atoms with van der Waals surface area (Å²) >= 11 is 0. The number of aromatic amines is 1. The van der Waals surface area contributed by atoms with E-state index in [9.17, 15) is 13.9 Å². The van der Waals surface area contributed by atoms with Crippen molar-refractivity contribution in [2.75, 3.05) is 0 Å². The van der Waals surface area contributed by atoms with E-state index in [1.165, 1.54) is 0 Å². The fourth-order valence-corrected chi connectivity index (χ4v) is 1.95. The molecule has 1 heterocycles. The monoisotopic (exact) mass is 260 g/mol. The van der Waals surface area contributed by atoms with Crippen molar-refractivity contribution in [3.8, 4) is 5.75 Å². The highest BCUT2D eigenvalue weighted by atomic mass is 19.2. The van der Waals surface area contributed by atoms with Gasteiger partial charge in [-0.2, -0.15) is 0 Å². The molecule has 0 aliphatic carbocycles. The van der Waals surface area contributed by atoms with Crippen LogP contribution in [0.1, 0.15) is 11.4 Å². The number of aromatic nitrogens is 2. The van der Waals surface area contributed by atoms with Crippen LogP contribution in [0.2, 0.25) is 0 Å². The predicted octanol–water partition coefficient (Wildman–Crippen LogP) is 3.14. The summed E-state index contributed by atoms with van der Waals surface area (Å²) in [7, 11) is 0. The number of fused-ring (bicyclic) bond motifs is 1. The van der Waals surface area contributed by atoms with Crippen LogP contribution < -0.4 is 0 Å². The fourth-order valence-electron chi connectivity index (χ4n) is 1.95. The van der Waals surface area contributed by atoms with Crippen LogP contribution in [-0.2, 0) is 6.42 Å². The Kier molecular flexibility index (Phi) is 2.67. The number of H-pyrrole nitrogens is 1. The molecule has 0 spiro atoms. The van der Waals surface area contributed by atoms with Gasteiger partial charge in [-0.15, -0.1) is 0 Å². The molecule has 0 unspecified atom stereocenters. The van der Waals surface area contributed by atoms with Crippen LogP contribution in [0.5, 0.6) is 5.75 Å². The Balaban J connectivity index is 1.95. The molecule has 1 aromatic heterocycles. The third kappa shape index (κ3) is 2.27. The Morgan fingerprint density at radius 2 is 1.74 bits per heavy atom. The minimum absolute atomic E-state index is 0.192. The Labute approximate surface area is 107 Å². The number of halogens is 2. The Hall–Kier alpha value is -2.43. The molecule has 0 saturated carbocycles. The zero-order valence-corrected chi connectivity index (χ0v) is 9.82. The molecule has 2 N–H and O–H groups in total. The van der Waals surface area contributed by atoms with Gasteiger partial charge in [-0.3, -0.25) is 0 Å². The highest BCUT2D eigenvalue weighted by Gasteiger charge is 2.09. The zero-order chi connectivity index (χ0) is 13.4. The lowest BCUT2D eigenvalue weighted by atomic mass is 10.1. The summed E-state index contributed by atoms with van der Waals surface area (Å²) in [6.07, 6.45) is 0.498. The van der Waals surface area contributed by atoms with Gasteiger partial charge in [0.1, 0.15) is 11.6 Å². The number of phenolic OH excluding ortho intramolecular Hbond substituents is 1. The second-order valence-electron chi connectivity index (χ2n) is 4.31. The minimum Gasteiger partial charge on any atom is -0.508 e. The zero-order valence-electron chi connectivity index (χ0n) is 9.82. The molecule has 0 fully saturated rings. The van der Waals surface area contributed by atoms with Gasteiger partial charge in [0.2, 0.25) is 0 Å². The SMILES string of the molecule is Oc1ccc(Cc2nc3cc(F)c(F)cc3[nH]2)cc1. The first kappa shape index (κ1) is 11.6. The standard InChI is InChI=1S/C14H10F2N2O/c15-10-6-12-13(7-11(10)16)18-14(17-12)5-8-1-3-9(19)4-2-8/h1-4,6-7,19H,5H2,(H,17,18). The largest absolute Gasteiger partial charge is 0.508 e. The van der Waals surface area contributed by atoms with Gasteiger partial charge >= 0.3 is 0 Å². The highest BCUT2D eigenvalue weighted by Crippen LogP contribution is 2.18. The van der Waals surface area contributed by atoms with Gasteiger partial charge in [-0.1, -0.05) is 12.1 Å². The first-order valence-corrected chi connectivity index (χ1v) is 5.73. The van der Waals surface area contributed by atoms with E-state index in [1.54, 1.807) is 24.3 Å². The van der Waals surface area contributed by atoms with Crippen molar-refractivity contribution >= 4 is 11.0 Å². The van der Waals surface area contributed by atoms with Gasteiger partial charge in [-0.25, -0.2) is 13.8 Å². The molecular weight excluding hydrogens is 250 g/mol. The topological polar surface area (TPSA) is 48.9 Å². The minimum atomic E-state index is -0.907. The molecule has 0 aliphatic heterocycles. The smallest absolute Gasteiger partial charge is 0.161 e. The summed E-state index contributed by atoms with van der Waals surface area (Å²) in [6.45, 7) is 0. The maximum absolute atomic E-state index is 13.1. The van der Waals surface area contributed by atoms with Gasteiger partial charge in [0, 0.05) is 18.6 Å². The van der Waals surface area contributed by atoms with Crippen molar-refractivity contribution in [3.05, 3.63) is 59.4 Å². The lowest BCUT2D eigenvalue weighted by Gasteiger charge is -1.98. The summed E-state index contributed by atoms with van der Waals surface area (Å²) in [5.41, 5.74) is 1.80. The van der Waals surface area contributed by atoms with Crippen molar-refractivity contribution in [2.45, 2.75) is 6.42 Å². The molecule has 5 heteroatoms. The summed E-state index contributed by atoms with van der Waals surface area (Å²) < 4.78 is 26.2. The molecule has 3 rings (SSSR count). The van der Waals surface area contributed by atoms with Gasteiger partial charge in [0.15, 0.2) is 11.6 Å². The van der Waals surface area contributed by atoms with E-state index in [0.29, 0.717) is 23.3 Å². The molecule has 0 saturated heterocycles. The van der Waals surface area contributed by atoms with Crippen LogP contribution in [0.3, 0.4) is 0 Å². The molecule has 0 aliphatic rings. The Bertz CT molecular complexity index is 696. The van der Waals surface area contributed by atoms with Crippen molar-refractivity contribution in [3.63, 3.8) is 0 Å². The lowest BCUT2D eigenvalue weighted by molar-refractivity contribution is 0.475. The van der Waals surface area contributed by atoms with E-state index in [2.05, 4.69) is 9.97 Å². The number of hydrogen-bond acceptors (Lipinski definition) is 2. The molecule has 0 atom stereocenters. The van der Waals surface area contributed by atoms with Crippen LogP contribution in [0.15, 0.2) is 36.4 Å². The van der Waals surface area contributed by atoms with E-state index in [4.69, 9.17) is 0 Å². The van der Waals surface area contributed by atoms with Crippen LogP contribution in [0, 0.1) is 11.6 Å². The average Bonchev–Trinajstić information content (AvgIpc) is 2.74. The van der Waals surface area contributed by atoms with E-state index >= 15 is 0 Å². The number of rotatable bonds is 2.